The molecule has 2 amide bonds. The largest absolute Gasteiger partial charge is 0.361 e. The van der Waals surface area contributed by atoms with E-state index in [1.54, 1.807) is 14.0 Å². The minimum atomic E-state index is -0.214. The van der Waals surface area contributed by atoms with Crippen LogP contribution in [0.1, 0.15) is 17.0 Å². The summed E-state index contributed by atoms with van der Waals surface area (Å²) in [5.41, 5.74) is 1.55. The highest BCUT2D eigenvalue weighted by atomic mass is 16.5. The van der Waals surface area contributed by atoms with Gasteiger partial charge in [-0.05, 0) is 20.9 Å². The Morgan fingerprint density at radius 1 is 1.38 bits per heavy atom. The van der Waals surface area contributed by atoms with Crippen LogP contribution >= 0.6 is 0 Å². The van der Waals surface area contributed by atoms with Crippen molar-refractivity contribution >= 4 is 11.8 Å². The summed E-state index contributed by atoms with van der Waals surface area (Å²) in [6.45, 7) is 4.93. The second-order valence-corrected chi connectivity index (χ2v) is 5.60. The summed E-state index contributed by atoms with van der Waals surface area (Å²) in [6.07, 6.45) is 0.224. The Labute approximate surface area is 124 Å². The molecule has 1 fully saturated rings. The monoisotopic (exact) mass is 294 g/mol. The van der Waals surface area contributed by atoms with Gasteiger partial charge in [-0.1, -0.05) is 5.16 Å². The first-order chi connectivity index (χ1) is 9.92. The quantitative estimate of drug-likeness (QED) is 0.791. The van der Waals surface area contributed by atoms with E-state index in [0.29, 0.717) is 18.8 Å². The molecule has 2 N–H and O–H groups in total. The number of likely N-dealkylation sites (tertiary alicyclic amines) is 1. The topological polar surface area (TPSA) is 87.5 Å². The van der Waals surface area contributed by atoms with Gasteiger partial charge in [0.1, 0.15) is 5.76 Å². The van der Waals surface area contributed by atoms with Gasteiger partial charge in [0.2, 0.25) is 11.8 Å². The van der Waals surface area contributed by atoms with Gasteiger partial charge < -0.3 is 20.1 Å². The molecule has 1 saturated heterocycles. The molecule has 2 atom stereocenters. The molecular weight excluding hydrogens is 272 g/mol. The summed E-state index contributed by atoms with van der Waals surface area (Å²) in [6, 6.07) is -0.164. The maximum absolute atomic E-state index is 12.2. The second kappa shape index (κ2) is 6.26. The Balaban J connectivity index is 2.00. The van der Waals surface area contributed by atoms with Gasteiger partial charge >= 0.3 is 0 Å². The van der Waals surface area contributed by atoms with E-state index in [1.807, 2.05) is 18.9 Å². The maximum Gasteiger partial charge on any atom is 0.226 e. The van der Waals surface area contributed by atoms with E-state index >= 15 is 0 Å². The molecule has 7 heteroatoms. The van der Waals surface area contributed by atoms with Crippen LogP contribution in [-0.4, -0.2) is 55.1 Å². The normalized spacial score (nSPS) is 22.3. The summed E-state index contributed by atoms with van der Waals surface area (Å²) in [7, 11) is 3.56. The molecule has 0 unspecified atom stereocenters. The highest BCUT2D eigenvalue weighted by molar-refractivity contribution is 5.83. The van der Waals surface area contributed by atoms with Crippen molar-refractivity contribution in [3.8, 4) is 0 Å². The first kappa shape index (κ1) is 15.5. The van der Waals surface area contributed by atoms with Crippen LogP contribution in [0, 0.1) is 19.8 Å². The van der Waals surface area contributed by atoms with E-state index in [1.165, 1.54) is 0 Å². The van der Waals surface area contributed by atoms with Crippen molar-refractivity contribution in [3.63, 3.8) is 0 Å². The van der Waals surface area contributed by atoms with Crippen LogP contribution in [0.3, 0.4) is 0 Å². The highest BCUT2D eigenvalue weighted by Crippen LogP contribution is 2.17. The predicted octanol–water partition coefficient (Wildman–Crippen LogP) is -0.374. The Bertz CT molecular complexity index is 521. The molecular formula is C14H22N4O3. The molecule has 0 radical (unpaired) electrons. The van der Waals surface area contributed by atoms with E-state index in [4.69, 9.17) is 4.52 Å². The SMILES string of the molecule is CNC(=O)[C@@H]1CN(C)C[C@@H]1NC(=O)Cc1c(C)noc1C. The van der Waals surface area contributed by atoms with Crippen molar-refractivity contribution in [1.82, 2.24) is 20.7 Å². The zero-order chi connectivity index (χ0) is 15.6. The zero-order valence-corrected chi connectivity index (χ0v) is 12.9. The Hall–Kier alpha value is -1.89. The lowest BCUT2D eigenvalue weighted by molar-refractivity contribution is -0.125. The number of amides is 2. The third-order valence-electron chi connectivity index (χ3n) is 3.95. The van der Waals surface area contributed by atoms with E-state index in [9.17, 15) is 9.59 Å². The molecule has 2 rings (SSSR count). The third-order valence-corrected chi connectivity index (χ3v) is 3.95. The van der Waals surface area contributed by atoms with Crippen LogP contribution in [0.25, 0.3) is 0 Å². The van der Waals surface area contributed by atoms with E-state index in [2.05, 4.69) is 15.8 Å². The summed E-state index contributed by atoms with van der Waals surface area (Å²) in [4.78, 5) is 26.1. The Kier molecular flexibility index (Phi) is 4.62. The second-order valence-electron chi connectivity index (χ2n) is 5.60. The molecule has 1 aliphatic heterocycles. The highest BCUT2D eigenvalue weighted by Gasteiger charge is 2.36. The van der Waals surface area contributed by atoms with Gasteiger partial charge in [-0.15, -0.1) is 0 Å². The fourth-order valence-corrected chi connectivity index (χ4v) is 2.77. The van der Waals surface area contributed by atoms with Crippen LogP contribution < -0.4 is 10.6 Å². The van der Waals surface area contributed by atoms with Gasteiger partial charge in [-0.3, -0.25) is 9.59 Å². The molecule has 21 heavy (non-hydrogen) atoms. The smallest absolute Gasteiger partial charge is 0.226 e. The van der Waals surface area contributed by atoms with Crippen LogP contribution in [0.4, 0.5) is 0 Å². The summed E-state index contributed by atoms with van der Waals surface area (Å²) >= 11 is 0. The first-order valence-corrected chi connectivity index (χ1v) is 7.03. The lowest BCUT2D eigenvalue weighted by Crippen LogP contribution is -2.46. The maximum atomic E-state index is 12.2. The van der Waals surface area contributed by atoms with Crippen molar-refractivity contribution < 1.29 is 14.1 Å². The number of hydrogen-bond acceptors (Lipinski definition) is 5. The molecule has 0 bridgehead atoms. The fourth-order valence-electron chi connectivity index (χ4n) is 2.77. The Morgan fingerprint density at radius 3 is 2.67 bits per heavy atom. The van der Waals surface area contributed by atoms with E-state index in [-0.39, 0.29) is 30.2 Å². The number of carbonyl (C=O) groups excluding carboxylic acids is 2. The van der Waals surface area contributed by atoms with Crippen LogP contribution in [0.15, 0.2) is 4.52 Å². The predicted molar refractivity (Wildman–Crippen MR) is 76.7 cm³/mol. The zero-order valence-electron chi connectivity index (χ0n) is 12.9. The number of nitrogens with zero attached hydrogens (tertiary/aromatic N) is 2. The van der Waals surface area contributed by atoms with Gasteiger partial charge in [0, 0.05) is 25.7 Å². The summed E-state index contributed by atoms with van der Waals surface area (Å²) in [5.74, 6) is 0.295. The molecule has 0 aliphatic carbocycles. The van der Waals surface area contributed by atoms with Crippen molar-refractivity contribution in [2.24, 2.45) is 5.92 Å². The van der Waals surface area contributed by atoms with Crippen LogP contribution in [0.2, 0.25) is 0 Å². The molecule has 1 aromatic rings. The van der Waals surface area contributed by atoms with E-state index < -0.39 is 0 Å². The standard InChI is InChI=1S/C14H22N4O3/c1-8-10(9(2)21-17-8)5-13(19)16-12-7-18(4)6-11(12)14(20)15-3/h11-12H,5-7H2,1-4H3,(H,15,20)(H,16,19)/t11-,12+/m1/s1. The van der Waals surface area contributed by atoms with Crippen molar-refractivity contribution in [2.45, 2.75) is 26.3 Å². The molecule has 1 aliphatic rings. The number of hydrogen-bond donors (Lipinski definition) is 2. The average Bonchev–Trinajstić information content (AvgIpc) is 2.95. The number of carbonyl (C=O) groups is 2. The molecule has 1 aromatic heterocycles. The van der Waals surface area contributed by atoms with Gasteiger partial charge in [0.05, 0.1) is 24.1 Å². The lowest BCUT2D eigenvalue weighted by atomic mass is 10.0. The average molecular weight is 294 g/mol. The van der Waals surface area contributed by atoms with E-state index in [0.717, 1.165) is 11.3 Å². The minimum Gasteiger partial charge on any atom is -0.361 e. The van der Waals surface area contributed by atoms with Gasteiger partial charge in [0.15, 0.2) is 0 Å². The number of likely N-dealkylation sites (N-methyl/N-ethyl adjacent to an activating group) is 1. The van der Waals surface area contributed by atoms with Gasteiger partial charge in [-0.25, -0.2) is 0 Å². The number of aromatic nitrogens is 1. The summed E-state index contributed by atoms with van der Waals surface area (Å²) < 4.78 is 5.06. The molecule has 116 valence electrons. The van der Waals surface area contributed by atoms with Gasteiger partial charge in [0.25, 0.3) is 0 Å². The molecule has 0 saturated carbocycles. The third kappa shape index (κ3) is 3.41. The Morgan fingerprint density at radius 2 is 2.10 bits per heavy atom. The van der Waals surface area contributed by atoms with Gasteiger partial charge in [-0.2, -0.15) is 0 Å². The molecule has 0 spiro atoms. The molecule has 2 heterocycles. The fraction of sp³-hybridized carbons (Fsp3) is 0.643. The molecule has 7 nitrogen and oxygen atoms in total. The first-order valence-electron chi connectivity index (χ1n) is 7.03. The van der Waals surface area contributed by atoms with Crippen molar-refractivity contribution in [2.75, 3.05) is 27.2 Å². The van der Waals surface area contributed by atoms with Crippen LogP contribution in [-0.2, 0) is 16.0 Å². The van der Waals surface area contributed by atoms with Crippen molar-refractivity contribution in [3.05, 3.63) is 17.0 Å². The molecule has 0 aromatic carbocycles. The lowest BCUT2D eigenvalue weighted by Gasteiger charge is -2.18. The number of nitrogens with one attached hydrogen (secondary N) is 2. The summed E-state index contributed by atoms with van der Waals surface area (Å²) in [5, 5.41) is 9.45. The van der Waals surface area contributed by atoms with Crippen LogP contribution in [0.5, 0.6) is 0 Å². The minimum absolute atomic E-state index is 0.0398. The van der Waals surface area contributed by atoms with Crippen molar-refractivity contribution in [1.29, 1.82) is 0 Å². The number of rotatable bonds is 4. The number of aryl methyl sites for hydroxylation is 2.